The number of thiophene rings is 1. The number of anilines is 1. The van der Waals surface area contributed by atoms with E-state index in [-0.39, 0.29) is 11.7 Å². The highest BCUT2D eigenvalue weighted by atomic mass is 35.5. The van der Waals surface area contributed by atoms with Crippen LogP contribution in [0.5, 0.6) is 5.75 Å². The van der Waals surface area contributed by atoms with Crippen LogP contribution >= 0.6 is 22.9 Å². The molecule has 18 heavy (non-hydrogen) atoms. The third-order valence-electron chi connectivity index (χ3n) is 2.61. The first-order valence-electron chi connectivity index (χ1n) is 5.33. The Morgan fingerprint density at radius 3 is 2.67 bits per heavy atom. The monoisotopic (exact) mass is 281 g/mol. The summed E-state index contributed by atoms with van der Waals surface area (Å²) in [6.45, 7) is 3.60. The van der Waals surface area contributed by atoms with E-state index in [1.165, 1.54) is 11.3 Å². The summed E-state index contributed by atoms with van der Waals surface area (Å²) in [7, 11) is 0. The van der Waals surface area contributed by atoms with Crippen molar-refractivity contribution in [1.29, 1.82) is 0 Å². The molecule has 0 saturated heterocycles. The van der Waals surface area contributed by atoms with Gasteiger partial charge in [0.25, 0.3) is 5.91 Å². The van der Waals surface area contributed by atoms with Crippen LogP contribution in [-0.2, 0) is 0 Å². The molecule has 0 fully saturated rings. The highest BCUT2D eigenvalue weighted by Crippen LogP contribution is 2.27. The fourth-order valence-electron chi connectivity index (χ4n) is 1.57. The largest absolute Gasteiger partial charge is 0.508 e. The van der Waals surface area contributed by atoms with Crippen molar-refractivity contribution in [2.45, 2.75) is 13.8 Å². The Labute approximate surface area is 114 Å². The van der Waals surface area contributed by atoms with E-state index in [4.69, 9.17) is 11.6 Å². The molecule has 1 heterocycles. The van der Waals surface area contributed by atoms with Crippen molar-refractivity contribution in [2.75, 3.05) is 5.32 Å². The van der Waals surface area contributed by atoms with E-state index in [0.717, 1.165) is 5.56 Å². The number of phenolic OH excluding ortho intramolecular Hbond substituents is 1. The SMILES string of the molecule is Cc1cc(NC(=O)c2sccc2Cl)c(C)cc1O. The van der Waals surface area contributed by atoms with Crippen LogP contribution in [0, 0.1) is 13.8 Å². The molecule has 5 heteroatoms. The van der Waals surface area contributed by atoms with E-state index in [2.05, 4.69) is 5.32 Å². The standard InChI is InChI=1S/C13H12ClNO2S/c1-7-6-11(16)8(2)5-10(7)15-13(17)12-9(14)3-4-18-12/h3-6,16H,1-2H3,(H,15,17). The van der Waals surface area contributed by atoms with Crippen LogP contribution in [0.25, 0.3) is 0 Å². The summed E-state index contributed by atoms with van der Waals surface area (Å²) in [5.74, 6) is -0.0113. The van der Waals surface area contributed by atoms with Crippen molar-refractivity contribution in [1.82, 2.24) is 0 Å². The van der Waals surface area contributed by atoms with Gasteiger partial charge in [-0.05, 0) is 48.6 Å². The number of hydrogen-bond acceptors (Lipinski definition) is 3. The average Bonchev–Trinajstić information content (AvgIpc) is 2.72. The summed E-state index contributed by atoms with van der Waals surface area (Å²) in [6.07, 6.45) is 0. The van der Waals surface area contributed by atoms with Crippen LogP contribution in [0.2, 0.25) is 5.02 Å². The summed E-state index contributed by atoms with van der Waals surface area (Å²) in [6, 6.07) is 5.06. The van der Waals surface area contributed by atoms with Gasteiger partial charge in [0, 0.05) is 5.69 Å². The quantitative estimate of drug-likeness (QED) is 0.818. The van der Waals surface area contributed by atoms with E-state index in [9.17, 15) is 9.90 Å². The number of aromatic hydroxyl groups is 1. The lowest BCUT2D eigenvalue weighted by Gasteiger charge is -2.10. The van der Waals surface area contributed by atoms with Crippen LogP contribution in [0.1, 0.15) is 20.8 Å². The Balaban J connectivity index is 2.28. The fourth-order valence-corrected chi connectivity index (χ4v) is 2.61. The van der Waals surface area contributed by atoms with Gasteiger partial charge in [-0.1, -0.05) is 11.6 Å². The number of carbonyl (C=O) groups excluding carboxylic acids is 1. The van der Waals surface area contributed by atoms with Crippen molar-refractivity contribution >= 4 is 34.5 Å². The Morgan fingerprint density at radius 1 is 1.33 bits per heavy atom. The van der Waals surface area contributed by atoms with Crippen molar-refractivity contribution in [3.05, 3.63) is 44.6 Å². The van der Waals surface area contributed by atoms with Gasteiger partial charge in [-0.25, -0.2) is 0 Å². The predicted octanol–water partition coefficient (Wildman–Crippen LogP) is 3.98. The summed E-state index contributed by atoms with van der Waals surface area (Å²) in [5, 5.41) is 14.6. The number of rotatable bonds is 2. The minimum Gasteiger partial charge on any atom is -0.508 e. The Morgan fingerprint density at radius 2 is 2.06 bits per heavy atom. The molecule has 1 aromatic carbocycles. The Bertz CT molecular complexity index is 607. The smallest absolute Gasteiger partial charge is 0.267 e. The molecule has 2 rings (SSSR count). The van der Waals surface area contributed by atoms with Gasteiger partial charge in [0.2, 0.25) is 0 Å². The zero-order valence-corrected chi connectivity index (χ0v) is 11.5. The summed E-state index contributed by atoms with van der Waals surface area (Å²) in [5.41, 5.74) is 2.20. The van der Waals surface area contributed by atoms with Crippen molar-refractivity contribution in [2.24, 2.45) is 0 Å². The maximum Gasteiger partial charge on any atom is 0.267 e. The molecule has 0 spiro atoms. The number of carbonyl (C=O) groups is 1. The second-order valence-electron chi connectivity index (χ2n) is 4.01. The zero-order valence-electron chi connectivity index (χ0n) is 9.95. The molecule has 2 N–H and O–H groups in total. The number of phenols is 1. The lowest BCUT2D eigenvalue weighted by atomic mass is 10.1. The number of benzene rings is 1. The number of hydrogen-bond donors (Lipinski definition) is 2. The van der Waals surface area contributed by atoms with E-state index in [0.29, 0.717) is 21.2 Å². The number of halogens is 1. The van der Waals surface area contributed by atoms with E-state index < -0.39 is 0 Å². The fraction of sp³-hybridized carbons (Fsp3) is 0.154. The van der Waals surface area contributed by atoms with Gasteiger partial charge in [-0.3, -0.25) is 4.79 Å². The zero-order chi connectivity index (χ0) is 13.3. The maximum atomic E-state index is 12.0. The Kier molecular flexibility index (Phi) is 3.59. The normalized spacial score (nSPS) is 10.4. The molecule has 94 valence electrons. The summed E-state index contributed by atoms with van der Waals surface area (Å²) < 4.78 is 0. The van der Waals surface area contributed by atoms with Gasteiger partial charge >= 0.3 is 0 Å². The summed E-state index contributed by atoms with van der Waals surface area (Å²) >= 11 is 7.20. The average molecular weight is 282 g/mol. The van der Waals surface area contributed by atoms with Gasteiger partial charge in [-0.2, -0.15) is 0 Å². The molecule has 3 nitrogen and oxygen atoms in total. The Hall–Kier alpha value is -1.52. The second-order valence-corrected chi connectivity index (χ2v) is 5.33. The van der Waals surface area contributed by atoms with Crippen molar-refractivity contribution in [3.8, 4) is 5.75 Å². The molecule has 0 bridgehead atoms. The maximum absolute atomic E-state index is 12.0. The molecule has 1 aromatic heterocycles. The molecule has 0 saturated carbocycles. The van der Waals surface area contributed by atoms with E-state index in [1.54, 1.807) is 30.5 Å². The molecule has 1 amide bonds. The van der Waals surface area contributed by atoms with E-state index >= 15 is 0 Å². The third kappa shape index (κ3) is 2.49. The molecule has 0 aliphatic rings. The summed E-state index contributed by atoms with van der Waals surface area (Å²) in [4.78, 5) is 12.5. The van der Waals surface area contributed by atoms with Crippen LogP contribution in [0.4, 0.5) is 5.69 Å². The van der Waals surface area contributed by atoms with Crippen LogP contribution < -0.4 is 5.32 Å². The van der Waals surface area contributed by atoms with Crippen molar-refractivity contribution in [3.63, 3.8) is 0 Å². The number of amides is 1. The van der Waals surface area contributed by atoms with Gasteiger partial charge in [-0.15, -0.1) is 11.3 Å². The molecule has 0 radical (unpaired) electrons. The predicted molar refractivity (Wildman–Crippen MR) is 74.9 cm³/mol. The van der Waals surface area contributed by atoms with Gasteiger partial charge in [0.15, 0.2) is 0 Å². The topological polar surface area (TPSA) is 49.3 Å². The highest BCUT2D eigenvalue weighted by molar-refractivity contribution is 7.12. The lowest BCUT2D eigenvalue weighted by Crippen LogP contribution is -2.11. The first-order chi connectivity index (χ1) is 8.49. The molecule has 2 aromatic rings. The second kappa shape index (κ2) is 5.00. The third-order valence-corrected chi connectivity index (χ3v) is 3.95. The number of nitrogens with one attached hydrogen (secondary N) is 1. The first kappa shape index (κ1) is 12.9. The molecule has 0 atom stereocenters. The van der Waals surface area contributed by atoms with Crippen LogP contribution in [-0.4, -0.2) is 11.0 Å². The number of aryl methyl sites for hydroxylation is 2. The lowest BCUT2D eigenvalue weighted by molar-refractivity contribution is 0.103. The van der Waals surface area contributed by atoms with Crippen LogP contribution in [0.3, 0.4) is 0 Å². The van der Waals surface area contributed by atoms with Crippen molar-refractivity contribution < 1.29 is 9.90 Å². The van der Waals surface area contributed by atoms with E-state index in [1.807, 2.05) is 6.92 Å². The molecular weight excluding hydrogens is 270 g/mol. The van der Waals surface area contributed by atoms with Gasteiger partial charge in [0.05, 0.1) is 5.02 Å². The molecular formula is C13H12ClNO2S. The minimum absolute atomic E-state index is 0.222. The van der Waals surface area contributed by atoms with Crippen LogP contribution in [0.15, 0.2) is 23.6 Å². The van der Waals surface area contributed by atoms with Gasteiger partial charge < -0.3 is 10.4 Å². The molecule has 0 aliphatic carbocycles. The minimum atomic E-state index is -0.233. The molecule has 0 unspecified atom stereocenters. The van der Waals surface area contributed by atoms with Gasteiger partial charge in [0.1, 0.15) is 10.6 Å². The first-order valence-corrected chi connectivity index (χ1v) is 6.59. The highest BCUT2D eigenvalue weighted by Gasteiger charge is 2.13. The molecule has 0 aliphatic heterocycles.